The summed E-state index contributed by atoms with van der Waals surface area (Å²) in [6, 6.07) is 17.1. The number of amidine groups is 1. The molecule has 0 amide bonds. The molecule has 5 heteroatoms. The van der Waals surface area contributed by atoms with Crippen molar-refractivity contribution in [3.05, 3.63) is 89.5 Å². The summed E-state index contributed by atoms with van der Waals surface area (Å²) in [4.78, 5) is 3.69. The van der Waals surface area contributed by atoms with Gasteiger partial charge in [0, 0.05) is 23.2 Å². The number of hydrogen-bond donors (Lipinski definition) is 3. The van der Waals surface area contributed by atoms with Crippen molar-refractivity contribution >= 4 is 5.84 Å². The van der Waals surface area contributed by atoms with Gasteiger partial charge in [0.15, 0.2) is 5.75 Å². The average Bonchev–Trinajstić information content (AvgIpc) is 2.70. The van der Waals surface area contributed by atoms with E-state index in [-0.39, 0.29) is 11.6 Å². The highest BCUT2D eigenvalue weighted by Gasteiger charge is 1.98. The zero-order chi connectivity index (χ0) is 18.6. The molecule has 0 fully saturated rings. The van der Waals surface area contributed by atoms with Gasteiger partial charge < -0.3 is 11.1 Å². The number of nitrogens with two attached hydrogens (primary N) is 1. The van der Waals surface area contributed by atoms with Crippen LogP contribution >= 0.6 is 0 Å². The molecule has 0 aliphatic heterocycles. The van der Waals surface area contributed by atoms with E-state index >= 15 is 0 Å². The summed E-state index contributed by atoms with van der Waals surface area (Å²) in [6.45, 7) is 1.48. The van der Waals surface area contributed by atoms with E-state index < -0.39 is 0 Å². The Hall–Kier alpha value is -2.92. The molecule has 0 unspecified atom stereocenters. The molecule has 4 N–H and O–H groups in total. The van der Waals surface area contributed by atoms with Crippen molar-refractivity contribution in [2.45, 2.75) is 25.9 Å². The summed E-state index contributed by atoms with van der Waals surface area (Å²) >= 11 is 0. The number of nitrogens with one attached hydrogen (secondary N) is 2. The highest BCUT2D eigenvalue weighted by molar-refractivity contribution is 5.97. The number of halogens is 1. The van der Waals surface area contributed by atoms with Gasteiger partial charge in [-0.1, -0.05) is 60.7 Å². The molecule has 136 valence electrons. The Labute approximate surface area is 153 Å². The fourth-order valence-corrected chi connectivity index (χ4v) is 2.46. The Bertz CT molecular complexity index is 757. The fourth-order valence-electron chi connectivity index (χ4n) is 2.46. The van der Waals surface area contributed by atoms with Crippen LogP contribution in [-0.4, -0.2) is 5.84 Å². The van der Waals surface area contributed by atoms with Crippen LogP contribution in [0.4, 0.5) is 4.53 Å². The van der Waals surface area contributed by atoms with Gasteiger partial charge in [-0.25, -0.2) is 0 Å². The van der Waals surface area contributed by atoms with Crippen LogP contribution in [-0.2, 0) is 13.1 Å². The first kappa shape index (κ1) is 19.4. The number of benzene rings is 2. The van der Waals surface area contributed by atoms with E-state index in [0.717, 1.165) is 30.5 Å². The van der Waals surface area contributed by atoms with Crippen molar-refractivity contribution in [1.29, 1.82) is 5.41 Å². The van der Waals surface area contributed by atoms with Crippen molar-refractivity contribution in [1.82, 2.24) is 5.32 Å². The maximum Gasteiger partial charge on any atom is 0.172 e. The predicted octanol–water partition coefficient (Wildman–Crippen LogP) is 4.44. The quantitative estimate of drug-likeness (QED) is 0.531. The fraction of sp³-hybridized carbons (Fsp3) is 0.190. The highest BCUT2D eigenvalue weighted by atomic mass is 19.3. The summed E-state index contributed by atoms with van der Waals surface area (Å²) in [7, 11) is 0. The summed E-state index contributed by atoms with van der Waals surface area (Å²) < 4.78 is 12.0. The summed E-state index contributed by atoms with van der Waals surface area (Å²) in [5.74, 6) is 0.412. The maximum absolute atomic E-state index is 12.0. The third-order valence-electron chi connectivity index (χ3n) is 3.79. The van der Waals surface area contributed by atoms with Gasteiger partial charge in [-0.05, 0) is 36.1 Å². The predicted molar refractivity (Wildman–Crippen MR) is 104 cm³/mol. The molecule has 0 aromatic heterocycles. The normalized spacial score (nSPS) is 12.6. The average molecular weight is 353 g/mol. The van der Waals surface area contributed by atoms with Crippen LogP contribution in [0.15, 0.2) is 78.4 Å². The van der Waals surface area contributed by atoms with Crippen LogP contribution in [0.3, 0.4) is 0 Å². The number of hydrogen-bond acceptors (Lipinski definition) is 3. The van der Waals surface area contributed by atoms with Gasteiger partial charge >= 0.3 is 0 Å². The first-order valence-corrected chi connectivity index (χ1v) is 8.52. The van der Waals surface area contributed by atoms with Crippen molar-refractivity contribution in [3.8, 4) is 5.75 Å². The standard InChI is InChI=1S/C14H14FNO.C7H10N2/c15-17-14-8-4-7-13(9-14)11-16-10-12-5-2-1-3-6-12;8-7(9)6-4-2-1-3-5-6/h1-9,16H,10-11H2;2,4-5H,1,3H2,(H3,8,9). The van der Waals surface area contributed by atoms with E-state index in [1.54, 1.807) is 18.2 Å². The molecule has 4 nitrogen and oxygen atoms in total. The molecule has 0 saturated heterocycles. The Balaban J connectivity index is 0.000000228. The Morgan fingerprint density at radius 3 is 2.38 bits per heavy atom. The maximum atomic E-state index is 12.0. The molecule has 3 rings (SSSR count). The lowest BCUT2D eigenvalue weighted by atomic mass is 10.1. The van der Waals surface area contributed by atoms with Crippen molar-refractivity contribution in [2.24, 2.45) is 5.73 Å². The van der Waals surface area contributed by atoms with Gasteiger partial charge in [0.25, 0.3) is 0 Å². The highest BCUT2D eigenvalue weighted by Crippen LogP contribution is 2.13. The SMILES string of the molecule is FOc1cccc(CNCc2ccccc2)c1.N=C(N)C1=CCCC=C1. The Morgan fingerprint density at radius 1 is 1.04 bits per heavy atom. The first-order valence-electron chi connectivity index (χ1n) is 8.52. The number of rotatable bonds is 6. The van der Waals surface area contributed by atoms with Crippen molar-refractivity contribution in [3.63, 3.8) is 0 Å². The minimum absolute atomic E-state index is 0.172. The molecule has 0 spiro atoms. The topological polar surface area (TPSA) is 71.1 Å². The van der Waals surface area contributed by atoms with Crippen molar-refractivity contribution in [2.75, 3.05) is 0 Å². The smallest absolute Gasteiger partial charge is 0.172 e. The van der Waals surface area contributed by atoms with Gasteiger partial charge in [-0.3, -0.25) is 10.4 Å². The monoisotopic (exact) mass is 353 g/mol. The minimum atomic E-state index is 0.172. The minimum Gasteiger partial charge on any atom is -0.384 e. The van der Waals surface area contributed by atoms with E-state index in [9.17, 15) is 4.53 Å². The first-order chi connectivity index (χ1) is 12.7. The Kier molecular flexibility index (Phi) is 8.09. The third kappa shape index (κ3) is 6.91. The largest absolute Gasteiger partial charge is 0.384 e. The van der Waals surface area contributed by atoms with Crippen LogP contribution in [0.1, 0.15) is 24.0 Å². The zero-order valence-corrected chi connectivity index (χ0v) is 14.6. The van der Waals surface area contributed by atoms with Crippen molar-refractivity contribution < 1.29 is 9.47 Å². The molecule has 2 aromatic rings. The van der Waals surface area contributed by atoms with E-state index in [4.69, 9.17) is 11.1 Å². The van der Waals surface area contributed by atoms with Gasteiger partial charge in [0.1, 0.15) is 5.84 Å². The van der Waals surface area contributed by atoms with E-state index in [2.05, 4.69) is 22.4 Å². The van der Waals surface area contributed by atoms with Crippen LogP contribution in [0.5, 0.6) is 5.75 Å². The van der Waals surface area contributed by atoms with E-state index in [1.807, 2.05) is 42.5 Å². The molecule has 0 heterocycles. The molecule has 2 aromatic carbocycles. The third-order valence-corrected chi connectivity index (χ3v) is 3.79. The summed E-state index contributed by atoms with van der Waals surface area (Å²) in [6.07, 6.45) is 8.02. The van der Waals surface area contributed by atoms with Crippen LogP contribution < -0.4 is 16.0 Å². The van der Waals surface area contributed by atoms with Gasteiger partial charge in [-0.15, -0.1) is 0 Å². The van der Waals surface area contributed by atoms with E-state index in [1.165, 1.54) is 5.56 Å². The molecular weight excluding hydrogens is 329 g/mol. The summed E-state index contributed by atoms with van der Waals surface area (Å²) in [5, 5.41) is 10.3. The van der Waals surface area contributed by atoms with Gasteiger partial charge in [0.2, 0.25) is 0 Å². The Morgan fingerprint density at radius 2 is 1.77 bits per heavy atom. The molecule has 0 radical (unpaired) electrons. The van der Waals surface area contributed by atoms with Gasteiger partial charge in [-0.2, -0.15) is 0 Å². The summed E-state index contributed by atoms with van der Waals surface area (Å²) in [5.41, 5.74) is 8.32. The van der Waals surface area contributed by atoms with E-state index in [0.29, 0.717) is 6.54 Å². The molecule has 0 bridgehead atoms. The lowest BCUT2D eigenvalue weighted by Gasteiger charge is -2.05. The number of allylic oxidation sites excluding steroid dienone is 2. The molecular formula is C21H24FN3O. The van der Waals surface area contributed by atoms with Gasteiger partial charge in [0.05, 0.1) is 0 Å². The van der Waals surface area contributed by atoms with Crippen LogP contribution in [0.25, 0.3) is 0 Å². The lowest BCUT2D eigenvalue weighted by molar-refractivity contribution is -0.00629. The molecule has 0 atom stereocenters. The van der Waals surface area contributed by atoms with Crippen LogP contribution in [0, 0.1) is 5.41 Å². The molecule has 26 heavy (non-hydrogen) atoms. The van der Waals surface area contributed by atoms with Crippen LogP contribution in [0.2, 0.25) is 0 Å². The lowest BCUT2D eigenvalue weighted by Crippen LogP contribution is -2.12. The molecule has 1 aliphatic carbocycles. The zero-order valence-electron chi connectivity index (χ0n) is 14.6. The molecule has 1 aliphatic rings. The molecule has 0 saturated carbocycles. The second-order valence-corrected chi connectivity index (χ2v) is 5.87. The second kappa shape index (κ2) is 10.8. The second-order valence-electron chi connectivity index (χ2n) is 5.87.